The number of hydrogen-bond acceptors (Lipinski definition) is 2. The van der Waals surface area contributed by atoms with Gasteiger partial charge in [0, 0.05) is 6.04 Å². The summed E-state index contributed by atoms with van der Waals surface area (Å²) in [5.41, 5.74) is 2.51. The smallest absolute Gasteiger partial charge is 0.122 e. The van der Waals surface area contributed by atoms with Crippen LogP contribution in [0.3, 0.4) is 0 Å². The summed E-state index contributed by atoms with van der Waals surface area (Å²) in [6, 6.07) is 6.99. The van der Waals surface area contributed by atoms with E-state index in [1.165, 1.54) is 43.2 Å². The van der Waals surface area contributed by atoms with E-state index in [0.717, 1.165) is 12.3 Å². The second kappa shape index (κ2) is 6.95. The van der Waals surface area contributed by atoms with Gasteiger partial charge in [-0.2, -0.15) is 0 Å². The molecule has 1 aromatic rings. The SMILES string of the molecule is CCCNC1CCCCC1Oc1cc(C)ccc1C. The third kappa shape index (κ3) is 3.97. The first-order chi connectivity index (χ1) is 9.20. The van der Waals surface area contributed by atoms with Gasteiger partial charge in [0.1, 0.15) is 11.9 Å². The Kier molecular flexibility index (Phi) is 5.26. The van der Waals surface area contributed by atoms with Crippen LogP contribution in [0.2, 0.25) is 0 Å². The summed E-state index contributed by atoms with van der Waals surface area (Å²) in [6.45, 7) is 7.57. The zero-order valence-electron chi connectivity index (χ0n) is 12.5. The Labute approximate surface area is 117 Å². The molecule has 0 radical (unpaired) electrons. The average molecular weight is 261 g/mol. The number of rotatable bonds is 5. The highest BCUT2D eigenvalue weighted by molar-refractivity contribution is 5.36. The Morgan fingerprint density at radius 1 is 1.21 bits per heavy atom. The van der Waals surface area contributed by atoms with Gasteiger partial charge in [-0.05, 0) is 63.3 Å². The van der Waals surface area contributed by atoms with E-state index in [1.54, 1.807) is 0 Å². The molecule has 1 aromatic carbocycles. The second-order valence-corrected chi connectivity index (χ2v) is 5.77. The molecule has 0 heterocycles. The molecule has 1 aliphatic carbocycles. The van der Waals surface area contributed by atoms with Gasteiger partial charge in [-0.25, -0.2) is 0 Å². The minimum absolute atomic E-state index is 0.334. The fraction of sp³-hybridized carbons (Fsp3) is 0.647. The van der Waals surface area contributed by atoms with Crippen molar-refractivity contribution in [3.8, 4) is 5.75 Å². The van der Waals surface area contributed by atoms with Crippen LogP contribution >= 0.6 is 0 Å². The molecule has 2 heteroatoms. The van der Waals surface area contributed by atoms with Crippen molar-refractivity contribution in [2.24, 2.45) is 0 Å². The molecule has 0 bridgehead atoms. The molecule has 0 amide bonds. The van der Waals surface area contributed by atoms with Crippen LogP contribution in [-0.4, -0.2) is 18.7 Å². The molecule has 2 rings (SSSR count). The van der Waals surface area contributed by atoms with E-state index in [1.807, 2.05) is 0 Å². The largest absolute Gasteiger partial charge is 0.489 e. The van der Waals surface area contributed by atoms with E-state index >= 15 is 0 Å². The standard InChI is InChI=1S/C17H27NO/c1-4-11-18-15-7-5-6-8-16(15)19-17-12-13(2)9-10-14(17)3/h9-10,12,15-16,18H,4-8,11H2,1-3H3. The molecule has 0 saturated heterocycles. The summed E-state index contributed by atoms with van der Waals surface area (Å²) in [4.78, 5) is 0. The lowest BCUT2D eigenvalue weighted by Gasteiger charge is -2.33. The van der Waals surface area contributed by atoms with Crippen molar-refractivity contribution in [2.75, 3.05) is 6.54 Å². The average Bonchev–Trinajstić information content (AvgIpc) is 2.42. The van der Waals surface area contributed by atoms with Crippen molar-refractivity contribution in [1.82, 2.24) is 5.32 Å². The summed E-state index contributed by atoms with van der Waals surface area (Å²) in [6.07, 6.45) is 6.56. The molecular weight excluding hydrogens is 234 g/mol. The maximum Gasteiger partial charge on any atom is 0.122 e. The summed E-state index contributed by atoms with van der Waals surface area (Å²) in [7, 11) is 0. The van der Waals surface area contributed by atoms with E-state index in [4.69, 9.17) is 4.74 Å². The fourth-order valence-electron chi connectivity index (χ4n) is 2.80. The zero-order chi connectivity index (χ0) is 13.7. The Hall–Kier alpha value is -1.02. The first-order valence-electron chi connectivity index (χ1n) is 7.68. The van der Waals surface area contributed by atoms with Crippen LogP contribution in [0.15, 0.2) is 18.2 Å². The minimum atomic E-state index is 0.334. The number of nitrogens with one attached hydrogen (secondary N) is 1. The first kappa shape index (κ1) is 14.4. The van der Waals surface area contributed by atoms with Crippen LogP contribution in [0.25, 0.3) is 0 Å². The van der Waals surface area contributed by atoms with Crippen LogP contribution in [0.5, 0.6) is 5.75 Å². The van der Waals surface area contributed by atoms with Gasteiger partial charge in [0.2, 0.25) is 0 Å². The molecule has 1 N–H and O–H groups in total. The van der Waals surface area contributed by atoms with Crippen molar-refractivity contribution in [2.45, 2.75) is 65.0 Å². The molecule has 1 aliphatic rings. The van der Waals surface area contributed by atoms with E-state index < -0.39 is 0 Å². The normalized spacial score (nSPS) is 23.3. The zero-order valence-corrected chi connectivity index (χ0v) is 12.5. The molecule has 1 fully saturated rings. The van der Waals surface area contributed by atoms with Gasteiger partial charge in [-0.1, -0.05) is 25.5 Å². The van der Waals surface area contributed by atoms with Crippen LogP contribution < -0.4 is 10.1 Å². The topological polar surface area (TPSA) is 21.3 Å². The fourth-order valence-corrected chi connectivity index (χ4v) is 2.80. The van der Waals surface area contributed by atoms with Crippen molar-refractivity contribution < 1.29 is 4.74 Å². The molecule has 2 nitrogen and oxygen atoms in total. The summed E-state index contributed by atoms with van der Waals surface area (Å²) < 4.78 is 6.31. The highest BCUT2D eigenvalue weighted by Gasteiger charge is 2.26. The Morgan fingerprint density at radius 3 is 2.79 bits per heavy atom. The monoisotopic (exact) mass is 261 g/mol. The highest BCUT2D eigenvalue weighted by Crippen LogP contribution is 2.27. The Bertz CT molecular complexity index is 402. The molecule has 2 atom stereocenters. The molecule has 0 spiro atoms. The second-order valence-electron chi connectivity index (χ2n) is 5.77. The molecule has 0 aromatic heterocycles. The highest BCUT2D eigenvalue weighted by atomic mass is 16.5. The molecule has 1 saturated carbocycles. The van der Waals surface area contributed by atoms with E-state index in [9.17, 15) is 0 Å². The quantitative estimate of drug-likeness (QED) is 0.865. The third-order valence-corrected chi connectivity index (χ3v) is 3.98. The maximum absolute atomic E-state index is 6.31. The lowest BCUT2D eigenvalue weighted by atomic mass is 9.92. The van der Waals surface area contributed by atoms with Gasteiger partial charge >= 0.3 is 0 Å². The van der Waals surface area contributed by atoms with Gasteiger partial charge in [-0.3, -0.25) is 0 Å². The van der Waals surface area contributed by atoms with Crippen LogP contribution in [-0.2, 0) is 0 Å². The Balaban J connectivity index is 2.04. The van der Waals surface area contributed by atoms with Crippen LogP contribution in [0, 0.1) is 13.8 Å². The molecule has 0 aliphatic heterocycles. The van der Waals surface area contributed by atoms with Gasteiger partial charge in [0.25, 0.3) is 0 Å². The van der Waals surface area contributed by atoms with Crippen molar-refractivity contribution >= 4 is 0 Å². The van der Waals surface area contributed by atoms with E-state index in [0.29, 0.717) is 12.1 Å². The van der Waals surface area contributed by atoms with Gasteiger partial charge in [0.15, 0.2) is 0 Å². The van der Waals surface area contributed by atoms with Crippen LogP contribution in [0.1, 0.15) is 50.2 Å². The van der Waals surface area contributed by atoms with Crippen molar-refractivity contribution in [1.29, 1.82) is 0 Å². The molecule has 106 valence electrons. The summed E-state index contributed by atoms with van der Waals surface area (Å²) in [5, 5.41) is 3.65. The molecule has 2 unspecified atom stereocenters. The maximum atomic E-state index is 6.31. The number of hydrogen-bond donors (Lipinski definition) is 1. The lowest BCUT2D eigenvalue weighted by molar-refractivity contribution is 0.113. The number of ether oxygens (including phenoxy) is 1. The summed E-state index contributed by atoms with van der Waals surface area (Å²) in [5.74, 6) is 1.06. The van der Waals surface area contributed by atoms with Crippen molar-refractivity contribution in [3.63, 3.8) is 0 Å². The van der Waals surface area contributed by atoms with Gasteiger partial charge in [0.05, 0.1) is 0 Å². The predicted octanol–water partition coefficient (Wildman–Crippen LogP) is 3.99. The number of benzene rings is 1. The first-order valence-corrected chi connectivity index (χ1v) is 7.68. The third-order valence-electron chi connectivity index (χ3n) is 3.98. The van der Waals surface area contributed by atoms with Crippen LogP contribution in [0.4, 0.5) is 0 Å². The minimum Gasteiger partial charge on any atom is -0.489 e. The van der Waals surface area contributed by atoms with Gasteiger partial charge in [-0.15, -0.1) is 0 Å². The predicted molar refractivity (Wildman–Crippen MR) is 80.9 cm³/mol. The van der Waals surface area contributed by atoms with E-state index in [2.05, 4.69) is 44.3 Å². The molecular formula is C17H27NO. The van der Waals surface area contributed by atoms with E-state index in [-0.39, 0.29) is 0 Å². The lowest BCUT2D eigenvalue weighted by Crippen LogP contribution is -2.45. The van der Waals surface area contributed by atoms with Gasteiger partial charge < -0.3 is 10.1 Å². The summed E-state index contributed by atoms with van der Waals surface area (Å²) >= 11 is 0. The number of aryl methyl sites for hydroxylation is 2. The van der Waals surface area contributed by atoms with Crippen molar-refractivity contribution in [3.05, 3.63) is 29.3 Å². The Morgan fingerprint density at radius 2 is 2.00 bits per heavy atom. The molecule has 19 heavy (non-hydrogen) atoms.